The minimum atomic E-state index is -1.19. The molecule has 20 heavy (non-hydrogen) atoms. The maximum absolute atomic E-state index is 11.4. The Kier molecular flexibility index (Phi) is 3.91. The molecule has 1 aromatic carbocycles. The fourth-order valence-corrected chi connectivity index (χ4v) is 1.79. The molecule has 0 radical (unpaired) electrons. The Morgan fingerprint density at radius 1 is 1.00 bits per heavy atom. The van der Waals surface area contributed by atoms with E-state index in [2.05, 4.69) is 4.98 Å². The van der Waals surface area contributed by atoms with Crippen molar-refractivity contribution in [3.8, 4) is 0 Å². The lowest BCUT2D eigenvalue weighted by Gasteiger charge is -2.07. The third kappa shape index (κ3) is 2.89. The van der Waals surface area contributed by atoms with Crippen LogP contribution >= 0.6 is 0 Å². The summed E-state index contributed by atoms with van der Waals surface area (Å²) in [5.41, 5.74) is 0.613. The van der Waals surface area contributed by atoms with Crippen molar-refractivity contribution in [2.45, 2.75) is 0 Å². The van der Waals surface area contributed by atoms with E-state index in [1.807, 2.05) is 0 Å². The molecule has 1 aromatic heterocycles. The summed E-state index contributed by atoms with van der Waals surface area (Å²) in [4.78, 5) is 26.5. The summed E-state index contributed by atoms with van der Waals surface area (Å²) >= 11 is 0. The van der Waals surface area contributed by atoms with Crippen molar-refractivity contribution in [2.75, 3.05) is 0 Å². The molecule has 2 N–H and O–H groups in total. The number of hydrogen-bond acceptors (Lipinski definition) is 3. The number of nitrogens with zero attached hydrogens (tertiary/aromatic N) is 1. The normalized spacial score (nSPS) is 11.1. The van der Waals surface area contributed by atoms with Gasteiger partial charge < -0.3 is 10.2 Å². The van der Waals surface area contributed by atoms with E-state index >= 15 is 0 Å². The SMILES string of the molecule is O=C(O)C(=Cc1cccnc1)c1ccccc1C(=O)O. The third-order valence-corrected chi connectivity index (χ3v) is 2.67. The van der Waals surface area contributed by atoms with Crippen LogP contribution in [0.15, 0.2) is 48.8 Å². The zero-order chi connectivity index (χ0) is 14.5. The van der Waals surface area contributed by atoms with E-state index in [0.717, 1.165) is 0 Å². The highest BCUT2D eigenvalue weighted by atomic mass is 16.4. The van der Waals surface area contributed by atoms with E-state index in [4.69, 9.17) is 5.11 Å². The number of carboxylic acid groups (broad SMARTS) is 2. The second-order valence-electron chi connectivity index (χ2n) is 4.00. The fraction of sp³-hybridized carbons (Fsp3) is 0. The van der Waals surface area contributed by atoms with Gasteiger partial charge in [0, 0.05) is 18.0 Å². The summed E-state index contributed by atoms with van der Waals surface area (Å²) in [6.07, 6.45) is 4.48. The van der Waals surface area contributed by atoms with E-state index in [1.165, 1.54) is 24.4 Å². The Morgan fingerprint density at radius 2 is 1.70 bits per heavy atom. The number of rotatable bonds is 4. The molecule has 0 amide bonds. The Hall–Kier alpha value is -2.95. The molecular weight excluding hydrogens is 258 g/mol. The van der Waals surface area contributed by atoms with Crippen LogP contribution < -0.4 is 0 Å². The van der Waals surface area contributed by atoms with E-state index in [-0.39, 0.29) is 16.7 Å². The van der Waals surface area contributed by atoms with Crippen molar-refractivity contribution in [3.63, 3.8) is 0 Å². The summed E-state index contributed by atoms with van der Waals surface area (Å²) in [5, 5.41) is 18.4. The van der Waals surface area contributed by atoms with Gasteiger partial charge >= 0.3 is 11.9 Å². The predicted molar refractivity (Wildman–Crippen MR) is 73.1 cm³/mol. The lowest BCUT2D eigenvalue weighted by atomic mass is 9.98. The monoisotopic (exact) mass is 269 g/mol. The second kappa shape index (κ2) is 5.79. The van der Waals surface area contributed by atoms with Crippen LogP contribution in [0, 0.1) is 0 Å². The molecule has 0 saturated carbocycles. The van der Waals surface area contributed by atoms with Gasteiger partial charge in [0.25, 0.3) is 0 Å². The number of carbonyl (C=O) groups is 2. The highest BCUT2D eigenvalue weighted by Gasteiger charge is 2.17. The van der Waals surface area contributed by atoms with Crippen LogP contribution in [0.1, 0.15) is 21.5 Å². The van der Waals surface area contributed by atoms with E-state index < -0.39 is 11.9 Å². The van der Waals surface area contributed by atoms with Crippen molar-refractivity contribution >= 4 is 23.6 Å². The molecule has 0 spiro atoms. The second-order valence-corrected chi connectivity index (χ2v) is 4.00. The minimum absolute atomic E-state index is 0.0509. The Morgan fingerprint density at radius 3 is 2.25 bits per heavy atom. The summed E-state index contributed by atoms with van der Waals surface area (Å²) in [5.74, 6) is -2.36. The molecule has 100 valence electrons. The molecule has 1 heterocycles. The Bertz CT molecular complexity index is 677. The molecule has 0 saturated heterocycles. The van der Waals surface area contributed by atoms with Gasteiger partial charge in [-0.2, -0.15) is 0 Å². The zero-order valence-electron chi connectivity index (χ0n) is 10.4. The van der Waals surface area contributed by atoms with Crippen molar-refractivity contribution < 1.29 is 19.8 Å². The third-order valence-electron chi connectivity index (χ3n) is 2.67. The molecule has 0 bridgehead atoms. The molecule has 0 aliphatic heterocycles. The summed E-state index contributed by atoms with van der Waals surface area (Å²) in [7, 11) is 0. The van der Waals surface area contributed by atoms with E-state index in [0.29, 0.717) is 5.56 Å². The van der Waals surface area contributed by atoms with Gasteiger partial charge in [-0.15, -0.1) is 0 Å². The van der Waals surface area contributed by atoms with Crippen molar-refractivity contribution in [2.24, 2.45) is 0 Å². The maximum Gasteiger partial charge on any atom is 0.336 e. The molecule has 0 aliphatic carbocycles. The largest absolute Gasteiger partial charge is 0.478 e. The molecule has 5 heteroatoms. The summed E-state index contributed by atoms with van der Waals surface area (Å²) < 4.78 is 0. The molecule has 0 aliphatic rings. The van der Waals surface area contributed by atoms with Gasteiger partial charge in [0.15, 0.2) is 0 Å². The first-order valence-corrected chi connectivity index (χ1v) is 5.77. The quantitative estimate of drug-likeness (QED) is 0.832. The van der Waals surface area contributed by atoms with Crippen LogP contribution in [-0.2, 0) is 4.79 Å². The van der Waals surface area contributed by atoms with E-state index in [1.54, 1.807) is 30.5 Å². The number of aliphatic carboxylic acids is 1. The van der Waals surface area contributed by atoms with Gasteiger partial charge in [0.2, 0.25) is 0 Å². The number of pyridine rings is 1. The van der Waals surface area contributed by atoms with Crippen LogP contribution in [0.3, 0.4) is 0 Å². The van der Waals surface area contributed by atoms with Gasteiger partial charge in [-0.3, -0.25) is 4.98 Å². The Balaban J connectivity index is 2.59. The average molecular weight is 269 g/mol. The first kappa shape index (κ1) is 13.5. The molecule has 0 unspecified atom stereocenters. The fourth-order valence-electron chi connectivity index (χ4n) is 1.79. The average Bonchev–Trinajstić information content (AvgIpc) is 2.45. The highest BCUT2D eigenvalue weighted by Crippen LogP contribution is 2.22. The highest BCUT2D eigenvalue weighted by molar-refractivity contribution is 6.22. The number of aromatic carboxylic acids is 1. The molecule has 2 rings (SSSR count). The predicted octanol–water partition coefficient (Wildman–Crippen LogP) is 2.40. The topological polar surface area (TPSA) is 87.5 Å². The molecule has 5 nitrogen and oxygen atoms in total. The van der Waals surface area contributed by atoms with Crippen molar-refractivity contribution in [3.05, 3.63) is 65.5 Å². The van der Waals surface area contributed by atoms with E-state index in [9.17, 15) is 14.7 Å². The van der Waals surface area contributed by atoms with Gasteiger partial charge in [0.1, 0.15) is 0 Å². The maximum atomic E-state index is 11.4. The van der Waals surface area contributed by atoms with Gasteiger partial charge in [-0.1, -0.05) is 24.3 Å². The smallest absolute Gasteiger partial charge is 0.336 e. The first-order valence-electron chi connectivity index (χ1n) is 5.77. The van der Waals surface area contributed by atoms with Gasteiger partial charge in [-0.05, 0) is 23.8 Å². The first-order chi connectivity index (χ1) is 9.59. The number of hydrogen-bond donors (Lipinski definition) is 2. The number of aromatic nitrogens is 1. The standard InChI is InChI=1S/C15H11NO4/c17-14(18)12-6-2-1-5-11(12)13(15(19)20)8-10-4-3-7-16-9-10/h1-9H,(H,17,18)(H,19,20). The van der Waals surface area contributed by atoms with Gasteiger partial charge in [0.05, 0.1) is 11.1 Å². The molecule has 2 aromatic rings. The van der Waals surface area contributed by atoms with Crippen molar-refractivity contribution in [1.82, 2.24) is 4.98 Å². The zero-order valence-corrected chi connectivity index (χ0v) is 10.4. The number of benzene rings is 1. The van der Waals surface area contributed by atoms with Crippen molar-refractivity contribution in [1.29, 1.82) is 0 Å². The lowest BCUT2D eigenvalue weighted by molar-refractivity contribution is -0.130. The van der Waals surface area contributed by atoms with Crippen LogP contribution in [0.5, 0.6) is 0 Å². The molecule has 0 atom stereocenters. The molecular formula is C15H11NO4. The van der Waals surface area contributed by atoms with Crippen LogP contribution in [-0.4, -0.2) is 27.1 Å². The van der Waals surface area contributed by atoms with Crippen LogP contribution in [0.4, 0.5) is 0 Å². The van der Waals surface area contributed by atoms with Crippen LogP contribution in [0.25, 0.3) is 11.6 Å². The lowest BCUT2D eigenvalue weighted by Crippen LogP contribution is -2.07. The van der Waals surface area contributed by atoms with Gasteiger partial charge in [-0.25, -0.2) is 9.59 Å². The number of carboxylic acids is 2. The Labute approximate surface area is 114 Å². The minimum Gasteiger partial charge on any atom is -0.478 e. The molecule has 0 fully saturated rings. The summed E-state index contributed by atoms with van der Waals surface area (Å²) in [6, 6.07) is 9.36. The van der Waals surface area contributed by atoms with Crippen LogP contribution in [0.2, 0.25) is 0 Å². The summed E-state index contributed by atoms with van der Waals surface area (Å²) in [6.45, 7) is 0.